The van der Waals surface area contributed by atoms with Crippen LogP contribution in [0.15, 0.2) is 97.1 Å². The van der Waals surface area contributed by atoms with Gasteiger partial charge in [-0.05, 0) is 34.5 Å². The predicted octanol–water partition coefficient (Wildman–Crippen LogP) is 6.25. The highest BCUT2D eigenvalue weighted by atomic mass is 14.9. The number of fused-ring (bicyclic) bond motifs is 1. The summed E-state index contributed by atoms with van der Waals surface area (Å²) in [5.41, 5.74) is 4.69. The van der Waals surface area contributed by atoms with Crippen molar-refractivity contribution in [1.29, 1.82) is 0 Å². The molecule has 0 bridgehead atoms. The molecular weight excluding hydrogens is 278 g/mol. The van der Waals surface area contributed by atoms with Crippen LogP contribution in [-0.2, 0) is 0 Å². The first-order valence-electron chi connectivity index (χ1n) is 7.81. The molecule has 0 spiro atoms. The van der Waals surface area contributed by atoms with Gasteiger partial charge >= 0.3 is 0 Å². The van der Waals surface area contributed by atoms with Crippen molar-refractivity contribution in [3.05, 3.63) is 97.1 Å². The van der Waals surface area contributed by atoms with Crippen molar-refractivity contribution < 1.29 is 0 Å². The molecular formula is C22H17N. The summed E-state index contributed by atoms with van der Waals surface area (Å²) >= 11 is 0. The summed E-state index contributed by atoms with van der Waals surface area (Å²) in [7, 11) is 0. The van der Waals surface area contributed by atoms with Gasteiger partial charge in [0.05, 0.1) is 0 Å². The monoisotopic (exact) mass is 295 g/mol. The van der Waals surface area contributed by atoms with Crippen LogP contribution in [0.25, 0.3) is 21.9 Å². The molecule has 0 fully saturated rings. The number of para-hydroxylation sites is 1. The van der Waals surface area contributed by atoms with Crippen molar-refractivity contribution in [2.24, 2.45) is 0 Å². The first kappa shape index (κ1) is 13.6. The quantitative estimate of drug-likeness (QED) is 0.471. The van der Waals surface area contributed by atoms with Crippen LogP contribution in [0.3, 0.4) is 0 Å². The Morgan fingerprint density at radius 1 is 0.522 bits per heavy atom. The zero-order chi connectivity index (χ0) is 15.5. The SMILES string of the molecule is c1ccc(Nc2ccc3ccccc3c2-c2ccccc2)cc1. The third-order valence-corrected chi connectivity index (χ3v) is 4.04. The molecule has 0 aliphatic carbocycles. The lowest BCUT2D eigenvalue weighted by molar-refractivity contribution is 1.55. The van der Waals surface area contributed by atoms with E-state index >= 15 is 0 Å². The van der Waals surface area contributed by atoms with E-state index in [9.17, 15) is 0 Å². The Morgan fingerprint density at radius 2 is 1.17 bits per heavy atom. The van der Waals surface area contributed by atoms with Gasteiger partial charge in [0.15, 0.2) is 0 Å². The highest BCUT2D eigenvalue weighted by molar-refractivity contribution is 6.03. The lowest BCUT2D eigenvalue weighted by Gasteiger charge is -2.15. The highest BCUT2D eigenvalue weighted by Crippen LogP contribution is 2.36. The first-order chi connectivity index (χ1) is 11.4. The van der Waals surface area contributed by atoms with Gasteiger partial charge in [0, 0.05) is 16.9 Å². The molecule has 0 aromatic heterocycles. The highest BCUT2D eigenvalue weighted by Gasteiger charge is 2.09. The van der Waals surface area contributed by atoms with Crippen LogP contribution < -0.4 is 5.32 Å². The van der Waals surface area contributed by atoms with Gasteiger partial charge in [-0.1, -0.05) is 78.9 Å². The molecule has 4 aromatic carbocycles. The van der Waals surface area contributed by atoms with E-state index in [-0.39, 0.29) is 0 Å². The van der Waals surface area contributed by atoms with Gasteiger partial charge in [0.25, 0.3) is 0 Å². The molecule has 1 heteroatoms. The maximum Gasteiger partial charge on any atom is 0.0470 e. The average Bonchev–Trinajstić information content (AvgIpc) is 2.63. The standard InChI is InChI=1S/C22H17N/c1-3-10-18(11-4-1)22-20-14-8-7-9-17(20)15-16-21(22)23-19-12-5-2-6-13-19/h1-16,23H. The van der Waals surface area contributed by atoms with Crippen LogP contribution in [0.2, 0.25) is 0 Å². The Labute approximate surface area is 136 Å². The second-order valence-electron chi connectivity index (χ2n) is 5.57. The van der Waals surface area contributed by atoms with Crippen LogP contribution >= 0.6 is 0 Å². The Morgan fingerprint density at radius 3 is 1.96 bits per heavy atom. The molecule has 0 saturated carbocycles. The fourth-order valence-corrected chi connectivity index (χ4v) is 2.97. The zero-order valence-corrected chi connectivity index (χ0v) is 12.7. The molecule has 1 nitrogen and oxygen atoms in total. The van der Waals surface area contributed by atoms with E-state index in [4.69, 9.17) is 0 Å². The fraction of sp³-hybridized carbons (Fsp3) is 0. The van der Waals surface area contributed by atoms with Crippen molar-refractivity contribution in [3.8, 4) is 11.1 Å². The number of nitrogens with one attached hydrogen (secondary N) is 1. The molecule has 23 heavy (non-hydrogen) atoms. The van der Waals surface area contributed by atoms with E-state index in [1.165, 1.54) is 21.9 Å². The molecule has 0 saturated heterocycles. The van der Waals surface area contributed by atoms with Crippen molar-refractivity contribution in [2.45, 2.75) is 0 Å². The van der Waals surface area contributed by atoms with Gasteiger partial charge in [-0.2, -0.15) is 0 Å². The van der Waals surface area contributed by atoms with Crippen LogP contribution in [0.4, 0.5) is 11.4 Å². The summed E-state index contributed by atoms with van der Waals surface area (Å²) < 4.78 is 0. The molecule has 4 aromatic rings. The maximum atomic E-state index is 3.56. The average molecular weight is 295 g/mol. The van der Waals surface area contributed by atoms with Gasteiger partial charge in [0.2, 0.25) is 0 Å². The second-order valence-corrected chi connectivity index (χ2v) is 5.57. The third kappa shape index (κ3) is 2.69. The molecule has 0 aliphatic heterocycles. The van der Waals surface area contributed by atoms with Gasteiger partial charge in [-0.15, -0.1) is 0 Å². The largest absolute Gasteiger partial charge is 0.355 e. The molecule has 0 aliphatic rings. The number of hydrogen-bond donors (Lipinski definition) is 1. The van der Waals surface area contributed by atoms with E-state index in [2.05, 4.69) is 84.2 Å². The Kier molecular flexibility index (Phi) is 3.53. The fourth-order valence-electron chi connectivity index (χ4n) is 2.97. The van der Waals surface area contributed by atoms with E-state index in [0.29, 0.717) is 0 Å². The van der Waals surface area contributed by atoms with Crippen molar-refractivity contribution >= 4 is 22.1 Å². The number of rotatable bonds is 3. The topological polar surface area (TPSA) is 12.0 Å². The second kappa shape index (κ2) is 5.98. The van der Waals surface area contributed by atoms with Crippen LogP contribution in [0, 0.1) is 0 Å². The Balaban J connectivity index is 1.93. The third-order valence-electron chi connectivity index (χ3n) is 4.04. The van der Waals surface area contributed by atoms with Crippen molar-refractivity contribution in [1.82, 2.24) is 0 Å². The van der Waals surface area contributed by atoms with E-state index < -0.39 is 0 Å². The zero-order valence-electron chi connectivity index (χ0n) is 12.7. The van der Waals surface area contributed by atoms with E-state index in [0.717, 1.165) is 11.4 Å². The minimum absolute atomic E-state index is 1.10. The Hall–Kier alpha value is -3.06. The van der Waals surface area contributed by atoms with Crippen LogP contribution in [-0.4, -0.2) is 0 Å². The summed E-state index contributed by atoms with van der Waals surface area (Å²) in [6.45, 7) is 0. The smallest absolute Gasteiger partial charge is 0.0470 e. The van der Waals surface area contributed by atoms with E-state index in [1.807, 2.05) is 18.2 Å². The molecule has 0 heterocycles. The first-order valence-corrected chi connectivity index (χ1v) is 7.81. The molecule has 0 atom stereocenters. The maximum absolute atomic E-state index is 3.56. The van der Waals surface area contributed by atoms with Gasteiger partial charge in [-0.3, -0.25) is 0 Å². The molecule has 1 N–H and O–H groups in total. The summed E-state index contributed by atoms with van der Waals surface area (Å²) in [6.07, 6.45) is 0. The summed E-state index contributed by atoms with van der Waals surface area (Å²) in [6, 6.07) is 33.7. The summed E-state index contributed by atoms with van der Waals surface area (Å²) in [4.78, 5) is 0. The van der Waals surface area contributed by atoms with Gasteiger partial charge in [0.1, 0.15) is 0 Å². The lowest BCUT2D eigenvalue weighted by atomic mass is 9.96. The molecule has 0 unspecified atom stereocenters. The normalized spacial score (nSPS) is 10.6. The van der Waals surface area contributed by atoms with Gasteiger partial charge < -0.3 is 5.32 Å². The minimum Gasteiger partial charge on any atom is -0.355 e. The molecule has 0 radical (unpaired) electrons. The molecule has 110 valence electrons. The van der Waals surface area contributed by atoms with Crippen LogP contribution in [0.1, 0.15) is 0 Å². The Bertz CT molecular complexity index is 928. The number of hydrogen-bond acceptors (Lipinski definition) is 1. The van der Waals surface area contributed by atoms with Crippen molar-refractivity contribution in [2.75, 3.05) is 5.32 Å². The summed E-state index contributed by atoms with van der Waals surface area (Å²) in [5, 5.41) is 6.08. The predicted molar refractivity (Wildman–Crippen MR) is 99.1 cm³/mol. The molecule has 4 rings (SSSR count). The van der Waals surface area contributed by atoms with Crippen molar-refractivity contribution in [3.63, 3.8) is 0 Å². The van der Waals surface area contributed by atoms with Crippen LogP contribution in [0.5, 0.6) is 0 Å². The lowest BCUT2D eigenvalue weighted by Crippen LogP contribution is -1.94. The number of benzene rings is 4. The van der Waals surface area contributed by atoms with Gasteiger partial charge in [-0.25, -0.2) is 0 Å². The minimum atomic E-state index is 1.10. The number of anilines is 2. The summed E-state index contributed by atoms with van der Waals surface area (Å²) in [5.74, 6) is 0. The van der Waals surface area contributed by atoms with E-state index in [1.54, 1.807) is 0 Å². The molecule has 0 amide bonds.